The van der Waals surface area contributed by atoms with Crippen molar-refractivity contribution in [2.75, 3.05) is 39.6 Å². The molecule has 8 nitrogen and oxygen atoms in total. The van der Waals surface area contributed by atoms with Crippen LogP contribution < -0.4 is 10.1 Å². The molecule has 38 heavy (non-hydrogen) atoms. The summed E-state index contributed by atoms with van der Waals surface area (Å²) in [5.74, 6) is 0.452. The molecule has 1 amide bonds. The number of rotatable bonds is 9. The van der Waals surface area contributed by atoms with Crippen molar-refractivity contribution in [3.8, 4) is 5.75 Å². The molecule has 0 bridgehead atoms. The highest BCUT2D eigenvalue weighted by Gasteiger charge is 2.49. The lowest BCUT2D eigenvalue weighted by atomic mass is 9.60. The normalized spacial score (nSPS) is 16.9. The van der Waals surface area contributed by atoms with Crippen LogP contribution in [0.3, 0.4) is 0 Å². The molecule has 1 atom stereocenters. The van der Waals surface area contributed by atoms with E-state index in [-0.39, 0.29) is 23.1 Å². The van der Waals surface area contributed by atoms with E-state index < -0.39 is 5.82 Å². The van der Waals surface area contributed by atoms with Gasteiger partial charge in [-0.05, 0) is 63.5 Å². The van der Waals surface area contributed by atoms with Crippen LogP contribution in [-0.4, -0.2) is 64.5 Å². The zero-order chi connectivity index (χ0) is 27.0. The molecule has 1 aromatic carbocycles. The van der Waals surface area contributed by atoms with Crippen molar-refractivity contribution in [1.82, 2.24) is 24.3 Å². The van der Waals surface area contributed by atoms with Gasteiger partial charge in [0.2, 0.25) is 5.95 Å². The number of pyridine rings is 1. The minimum Gasteiger partial charge on any atom is -0.491 e. The molecule has 9 heteroatoms. The van der Waals surface area contributed by atoms with Crippen molar-refractivity contribution in [1.29, 1.82) is 0 Å². The topological polar surface area (TPSA) is 75.5 Å². The summed E-state index contributed by atoms with van der Waals surface area (Å²) < 4.78 is 21.8. The van der Waals surface area contributed by atoms with E-state index in [0.717, 1.165) is 42.9 Å². The average molecular weight is 521 g/mol. The smallest absolute Gasteiger partial charge is 0.254 e. The number of fused-ring (bicyclic) bond motifs is 2. The van der Waals surface area contributed by atoms with Crippen LogP contribution in [0.4, 0.5) is 10.3 Å². The molecule has 3 aromatic rings. The van der Waals surface area contributed by atoms with Crippen molar-refractivity contribution in [3.63, 3.8) is 0 Å². The quantitative estimate of drug-likeness (QED) is 0.444. The van der Waals surface area contributed by atoms with E-state index in [9.17, 15) is 9.18 Å². The third kappa shape index (κ3) is 4.64. The van der Waals surface area contributed by atoms with Gasteiger partial charge in [0.1, 0.15) is 0 Å². The van der Waals surface area contributed by atoms with E-state index in [1.807, 2.05) is 36.6 Å². The second kappa shape index (κ2) is 10.4. The summed E-state index contributed by atoms with van der Waals surface area (Å²) in [7, 11) is 5.99. The number of carbonyl (C=O) groups is 1. The van der Waals surface area contributed by atoms with E-state index in [1.165, 1.54) is 17.3 Å². The van der Waals surface area contributed by atoms with Gasteiger partial charge >= 0.3 is 0 Å². The Kier molecular flexibility index (Phi) is 7.13. The lowest BCUT2D eigenvalue weighted by Gasteiger charge is -2.52. The summed E-state index contributed by atoms with van der Waals surface area (Å²) in [5.41, 5.74) is 4.81. The van der Waals surface area contributed by atoms with Gasteiger partial charge in [-0.15, -0.1) is 0 Å². The summed E-state index contributed by atoms with van der Waals surface area (Å²) in [6, 6.07) is 5.64. The second-order valence-corrected chi connectivity index (χ2v) is 10.8. The number of benzene rings is 1. The molecule has 1 aliphatic carbocycles. The maximum atomic E-state index is 14.2. The van der Waals surface area contributed by atoms with E-state index in [1.54, 1.807) is 12.3 Å². The standard InChI is InChI=1S/C29H37FN6O2/c1-6-38-25-14-24(33-15-23(25)30)19(2)36-18-29(8-7-9-29)26-21(17-34(4)5)12-20(13-22(26)27(36)37)16-35-11-10-32-28(35)31-3/h10-15,19H,6-9,16-18H2,1-5H3,(H,31,32). The highest BCUT2D eigenvalue weighted by Crippen LogP contribution is 2.51. The van der Waals surface area contributed by atoms with E-state index in [2.05, 4.69) is 46.4 Å². The summed E-state index contributed by atoms with van der Waals surface area (Å²) in [6.07, 6.45) is 8.14. The number of nitrogens with one attached hydrogen (secondary N) is 1. The number of halogens is 1. The Hall–Kier alpha value is -3.46. The van der Waals surface area contributed by atoms with Crippen LogP contribution in [0, 0.1) is 5.82 Å². The highest BCUT2D eigenvalue weighted by atomic mass is 19.1. The number of nitrogens with zero attached hydrogens (tertiary/aromatic N) is 5. The number of ether oxygens (including phenoxy) is 1. The van der Waals surface area contributed by atoms with Gasteiger partial charge in [-0.2, -0.15) is 0 Å². The molecular formula is C29H37FN6O2. The Labute approximate surface area is 223 Å². The van der Waals surface area contributed by atoms with E-state index >= 15 is 0 Å². The molecule has 202 valence electrons. The van der Waals surface area contributed by atoms with Gasteiger partial charge in [-0.25, -0.2) is 9.37 Å². The zero-order valence-corrected chi connectivity index (χ0v) is 22.9. The number of anilines is 1. The Bertz CT molecular complexity index is 1330. The van der Waals surface area contributed by atoms with E-state index in [4.69, 9.17) is 4.74 Å². The lowest BCUT2D eigenvalue weighted by molar-refractivity contribution is 0.0482. The summed E-state index contributed by atoms with van der Waals surface area (Å²) in [6.45, 7) is 6.16. The maximum absolute atomic E-state index is 14.2. The van der Waals surface area contributed by atoms with Crippen LogP contribution in [-0.2, 0) is 18.5 Å². The van der Waals surface area contributed by atoms with Gasteiger partial charge < -0.3 is 24.4 Å². The molecule has 1 aliphatic heterocycles. The van der Waals surface area contributed by atoms with Crippen molar-refractivity contribution < 1.29 is 13.9 Å². The third-order valence-corrected chi connectivity index (χ3v) is 7.90. The Balaban J connectivity index is 1.58. The monoisotopic (exact) mass is 520 g/mol. The minimum atomic E-state index is -0.494. The number of aromatic nitrogens is 3. The van der Waals surface area contributed by atoms with Crippen molar-refractivity contribution in [2.24, 2.45) is 0 Å². The number of imidazole rings is 1. The van der Waals surface area contributed by atoms with Gasteiger partial charge in [-0.1, -0.05) is 12.5 Å². The maximum Gasteiger partial charge on any atom is 0.254 e. The molecule has 0 radical (unpaired) electrons. The van der Waals surface area contributed by atoms with Crippen LogP contribution >= 0.6 is 0 Å². The van der Waals surface area contributed by atoms with E-state index in [0.29, 0.717) is 25.4 Å². The fourth-order valence-electron chi connectivity index (χ4n) is 6.03. The molecule has 1 unspecified atom stereocenters. The molecule has 3 heterocycles. The molecule has 1 saturated carbocycles. The molecule has 2 aromatic heterocycles. The predicted molar refractivity (Wildman–Crippen MR) is 145 cm³/mol. The molecule has 2 aliphatic rings. The SMILES string of the molecule is CCOc1cc(C(C)N2CC3(CCC3)c3c(CN(C)C)cc(Cn4ccnc4NC)cc3C2=O)ncc1F. The van der Waals surface area contributed by atoms with Crippen molar-refractivity contribution >= 4 is 11.9 Å². The van der Waals surface area contributed by atoms with Gasteiger partial charge in [-0.3, -0.25) is 9.78 Å². The first-order chi connectivity index (χ1) is 18.3. The fourth-order valence-corrected chi connectivity index (χ4v) is 6.03. The number of carbonyl (C=O) groups excluding carboxylic acids is 1. The van der Waals surface area contributed by atoms with Crippen LogP contribution in [0.25, 0.3) is 0 Å². The fraction of sp³-hybridized carbons (Fsp3) is 0.483. The molecule has 1 N–H and O–H groups in total. The van der Waals surface area contributed by atoms with Crippen LogP contribution in [0.1, 0.15) is 71.9 Å². The average Bonchev–Trinajstić information content (AvgIpc) is 3.31. The van der Waals surface area contributed by atoms with Crippen molar-refractivity contribution in [3.05, 3.63) is 70.6 Å². The van der Waals surface area contributed by atoms with Crippen molar-refractivity contribution in [2.45, 2.75) is 57.7 Å². The Morgan fingerprint density at radius 2 is 2.03 bits per heavy atom. The van der Waals surface area contributed by atoms with Crippen LogP contribution in [0.5, 0.6) is 5.75 Å². The first kappa shape index (κ1) is 26.2. The summed E-state index contributed by atoms with van der Waals surface area (Å²) in [4.78, 5) is 27.0. The second-order valence-electron chi connectivity index (χ2n) is 10.8. The number of amides is 1. The largest absolute Gasteiger partial charge is 0.491 e. The van der Waals surface area contributed by atoms with Gasteiger partial charge in [0, 0.05) is 49.6 Å². The highest BCUT2D eigenvalue weighted by molar-refractivity contribution is 5.98. The molecule has 5 rings (SSSR count). The summed E-state index contributed by atoms with van der Waals surface area (Å²) in [5, 5.41) is 3.13. The Morgan fingerprint density at radius 3 is 2.68 bits per heavy atom. The lowest BCUT2D eigenvalue weighted by Crippen LogP contribution is -2.54. The predicted octanol–water partition coefficient (Wildman–Crippen LogP) is 4.61. The first-order valence-electron chi connectivity index (χ1n) is 13.4. The van der Waals surface area contributed by atoms with Gasteiger partial charge in [0.25, 0.3) is 5.91 Å². The summed E-state index contributed by atoms with van der Waals surface area (Å²) >= 11 is 0. The third-order valence-electron chi connectivity index (χ3n) is 7.90. The molecule has 0 saturated heterocycles. The van der Waals surface area contributed by atoms with Gasteiger partial charge in [0.05, 0.1) is 31.1 Å². The van der Waals surface area contributed by atoms with Gasteiger partial charge in [0.15, 0.2) is 11.6 Å². The Morgan fingerprint density at radius 1 is 1.24 bits per heavy atom. The van der Waals surface area contributed by atoms with Crippen LogP contribution in [0.2, 0.25) is 0 Å². The first-order valence-corrected chi connectivity index (χ1v) is 13.4. The number of hydrogen-bond donors (Lipinski definition) is 1. The molecular weight excluding hydrogens is 483 g/mol. The minimum absolute atomic E-state index is 0.00422. The molecule has 1 fully saturated rings. The van der Waals surface area contributed by atoms with Crippen LogP contribution in [0.15, 0.2) is 36.8 Å². The molecule has 1 spiro atoms. The zero-order valence-electron chi connectivity index (χ0n) is 22.9. The number of hydrogen-bond acceptors (Lipinski definition) is 6.